The molecule has 1 aromatic carbocycles. The Morgan fingerprint density at radius 3 is 2.83 bits per heavy atom. The van der Waals surface area contributed by atoms with E-state index in [1.54, 1.807) is 36.1 Å². The molecular weight excluding hydrogens is 230 g/mol. The van der Waals surface area contributed by atoms with Crippen LogP contribution in [0.1, 0.15) is 12.0 Å². The molecular formula is C13H15N3O2. The lowest BCUT2D eigenvalue weighted by Crippen LogP contribution is -2.13. The zero-order valence-corrected chi connectivity index (χ0v) is 10.1. The predicted octanol–water partition coefficient (Wildman–Crippen LogP) is 1.70. The van der Waals surface area contributed by atoms with Crippen LogP contribution in [0.2, 0.25) is 0 Å². The number of carbonyl (C=O) groups excluding carboxylic acids is 1. The molecule has 0 spiro atoms. The number of benzene rings is 1. The Labute approximate surface area is 105 Å². The van der Waals surface area contributed by atoms with Crippen LogP contribution in [0.25, 0.3) is 0 Å². The largest absolute Gasteiger partial charge is 0.508 e. The van der Waals surface area contributed by atoms with Crippen molar-refractivity contribution in [3.63, 3.8) is 0 Å². The van der Waals surface area contributed by atoms with Gasteiger partial charge in [0.25, 0.3) is 0 Å². The van der Waals surface area contributed by atoms with Gasteiger partial charge in [-0.2, -0.15) is 5.10 Å². The Hall–Kier alpha value is -2.30. The second-order valence-corrected chi connectivity index (χ2v) is 4.05. The highest BCUT2D eigenvalue weighted by Crippen LogP contribution is 2.17. The third-order valence-electron chi connectivity index (χ3n) is 2.59. The second-order valence-electron chi connectivity index (χ2n) is 4.05. The molecule has 0 aliphatic rings. The van der Waals surface area contributed by atoms with Gasteiger partial charge >= 0.3 is 0 Å². The van der Waals surface area contributed by atoms with Crippen LogP contribution in [0.4, 0.5) is 5.82 Å². The summed E-state index contributed by atoms with van der Waals surface area (Å²) in [6.07, 6.45) is 2.58. The minimum absolute atomic E-state index is 0.114. The fourth-order valence-corrected chi connectivity index (χ4v) is 1.66. The number of phenols is 1. The van der Waals surface area contributed by atoms with Gasteiger partial charge in [0.15, 0.2) is 5.82 Å². The van der Waals surface area contributed by atoms with Gasteiger partial charge in [-0.1, -0.05) is 18.2 Å². The van der Waals surface area contributed by atoms with Crippen molar-refractivity contribution in [1.82, 2.24) is 9.78 Å². The van der Waals surface area contributed by atoms with E-state index in [1.165, 1.54) is 0 Å². The quantitative estimate of drug-likeness (QED) is 0.861. The van der Waals surface area contributed by atoms with Crippen molar-refractivity contribution in [1.29, 1.82) is 0 Å². The number of aryl methyl sites for hydroxylation is 2. The molecule has 2 N–H and O–H groups in total. The van der Waals surface area contributed by atoms with Crippen molar-refractivity contribution in [3.8, 4) is 5.75 Å². The van der Waals surface area contributed by atoms with Crippen molar-refractivity contribution in [2.24, 2.45) is 7.05 Å². The fraction of sp³-hybridized carbons (Fsp3) is 0.231. The van der Waals surface area contributed by atoms with Gasteiger partial charge in [-0.25, -0.2) is 0 Å². The van der Waals surface area contributed by atoms with Gasteiger partial charge in [-0.3, -0.25) is 9.48 Å². The zero-order valence-electron chi connectivity index (χ0n) is 10.1. The summed E-state index contributed by atoms with van der Waals surface area (Å²) in [6, 6.07) is 8.76. The number of anilines is 1. The molecule has 2 rings (SSSR count). The van der Waals surface area contributed by atoms with Crippen molar-refractivity contribution < 1.29 is 9.90 Å². The van der Waals surface area contributed by atoms with Gasteiger partial charge in [-0.05, 0) is 18.1 Å². The van der Waals surface area contributed by atoms with Gasteiger partial charge in [0.05, 0.1) is 0 Å². The topological polar surface area (TPSA) is 67.2 Å². The summed E-state index contributed by atoms with van der Waals surface area (Å²) in [5.41, 5.74) is 0.772. The number of hydrogen-bond donors (Lipinski definition) is 2. The Balaban J connectivity index is 1.87. The van der Waals surface area contributed by atoms with Crippen LogP contribution < -0.4 is 5.32 Å². The molecule has 5 heteroatoms. The smallest absolute Gasteiger partial charge is 0.225 e. The molecule has 1 heterocycles. The third kappa shape index (κ3) is 3.10. The summed E-state index contributed by atoms with van der Waals surface area (Å²) in [5, 5.41) is 16.3. The standard InChI is InChI=1S/C13H15N3O2/c1-16-9-8-12(15-16)14-13(18)7-6-10-4-2-3-5-11(10)17/h2-5,8-9,17H,6-7H2,1H3,(H,14,15,18). The zero-order chi connectivity index (χ0) is 13.0. The van der Waals surface area contributed by atoms with Crippen LogP contribution in [0.15, 0.2) is 36.5 Å². The van der Waals surface area contributed by atoms with E-state index in [1.807, 2.05) is 12.1 Å². The highest BCUT2D eigenvalue weighted by Gasteiger charge is 2.06. The summed E-state index contributed by atoms with van der Waals surface area (Å²) in [7, 11) is 1.79. The summed E-state index contributed by atoms with van der Waals surface area (Å²) in [4.78, 5) is 11.7. The lowest BCUT2D eigenvalue weighted by molar-refractivity contribution is -0.116. The fourth-order valence-electron chi connectivity index (χ4n) is 1.66. The van der Waals surface area contributed by atoms with Gasteiger partial charge in [0, 0.05) is 25.7 Å². The molecule has 1 amide bonds. The first-order chi connectivity index (χ1) is 8.65. The SMILES string of the molecule is Cn1ccc(NC(=O)CCc2ccccc2O)n1. The molecule has 1 aromatic heterocycles. The summed E-state index contributed by atoms with van der Waals surface area (Å²) in [6.45, 7) is 0. The van der Waals surface area contributed by atoms with Crippen LogP contribution in [-0.2, 0) is 18.3 Å². The number of para-hydroxylation sites is 1. The maximum Gasteiger partial charge on any atom is 0.225 e. The molecule has 18 heavy (non-hydrogen) atoms. The van der Waals surface area contributed by atoms with E-state index in [2.05, 4.69) is 10.4 Å². The first-order valence-corrected chi connectivity index (χ1v) is 5.71. The number of rotatable bonds is 4. The molecule has 0 fully saturated rings. The lowest BCUT2D eigenvalue weighted by Gasteiger charge is -2.04. The average molecular weight is 245 g/mol. The highest BCUT2D eigenvalue weighted by molar-refractivity contribution is 5.89. The maximum absolute atomic E-state index is 11.7. The van der Waals surface area contributed by atoms with Crippen LogP contribution >= 0.6 is 0 Å². The number of nitrogens with one attached hydrogen (secondary N) is 1. The van der Waals surface area contributed by atoms with E-state index in [0.29, 0.717) is 18.7 Å². The van der Waals surface area contributed by atoms with Crippen molar-refractivity contribution in [3.05, 3.63) is 42.1 Å². The van der Waals surface area contributed by atoms with Gasteiger partial charge < -0.3 is 10.4 Å². The third-order valence-corrected chi connectivity index (χ3v) is 2.59. The molecule has 94 valence electrons. The number of phenolic OH excluding ortho intramolecular Hbond substituents is 1. The Morgan fingerprint density at radius 1 is 1.39 bits per heavy atom. The Kier molecular flexibility index (Phi) is 3.62. The number of carbonyl (C=O) groups is 1. The van der Waals surface area contributed by atoms with E-state index in [0.717, 1.165) is 5.56 Å². The first kappa shape index (κ1) is 12.2. The number of nitrogens with zero attached hydrogens (tertiary/aromatic N) is 2. The van der Waals surface area contributed by atoms with E-state index in [-0.39, 0.29) is 11.7 Å². The normalized spacial score (nSPS) is 10.3. The van der Waals surface area contributed by atoms with Crippen molar-refractivity contribution in [2.45, 2.75) is 12.8 Å². The summed E-state index contributed by atoms with van der Waals surface area (Å²) >= 11 is 0. The minimum atomic E-state index is -0.114. The average Bonchev–Trinajstić information content (AvgIpc) is 2.74. The Morgan fingerprint density at radius 2 is 2.17 bits per heavy atom. The molecule has 0 aliphatic carbocycles. The van der Waals surface area contributed by atoms with Crippen LogP contribution in [0, 0.1) is 0 Å². The Bertz CT molecular complexity index is 549. The molecule has 5 nitrogen and oxygen atoms in total. The second kappa shape index (κ2) is 5.35. The lowest BCUT2D eigenvalue weighted by atomic mass is 10.1. The maximum atomic E-state index is 11.7. The highest BCUT2D eigenvalue weighted by atomic mass is 16.3. The van der Waals surface area contributed by atoms with Crippen LogP contribution in [0.5, 0.6) is 5.75 Å². The minimum Gasteiger partial charge on any atom is -0.508 e. The molecule has 2 aromatic rings. The molecule has 0 saturated carbocycles. The van der Waals surface area contributed by atoms with Crippen molar-refractivity contribution >= 4 is 11.7 Å². The van der Waals surface area contributed by atoms with E-state index < -0.39 is 0 Å². The predicted molar refractivity (Wildman–Crippen MR) is 68.3 cm³/mol. The van der Waals surface area contributed by atoms with E-state index >= 15 is 0 Å². The molecule has 0 saturated heterocycles. The monoisotopic (exact) mass is 245 g/mol. The number of aromatic hydroxyl groups is 1. The molecule has 0 radical (unpaired) electrons. The molecule has 0 bridgehead atoms. The van der Waals surface area contributed by atoms with Crippen LogP contribution in [-0.4, -0.2) is 20.8 Å². The van der Waals surface area contributed by atoms with Crippen molar-refractivity contribution in [2.75, 3.05) is 5.32 Å². The summed E-state index contributed by atoms with van der Waals surface area (Å²) in [5.74, 6) is 0.653. The van der Waals surface area contributed by atoms with Crippen LogP contribution in [0.3, 0.4) is 0 Å². The number of aromatic nitrogens is 2. The molecule has 0 aliphatic heterocycles. The first-order valence-electron chi connectivity index (χ1n) is 5.71. The van der Waals surface area contributed by atoms with E-state index in [9.17, 15) is 9.90 Å². The summed E-state index contributed by atoms with van der Waals surface area (Å²) < 4.78 is 1.62. The molecule has 0 unspecified atom stereocenters. The van der Waals surface area contributed by atoms with Gasteiger partial charge in [0.2, 0.25) is 5.91 Å². The number of hydrogen-bond acceptors (Lipinski definition) is 3. The van der Waals surface area contributed by atoms with E-state index in [4.69, 9.17) is 0 Å². The number of amides is 1. The van der Waals surface area contributed by atoms with Gasteiger partial charge in [0.1, 0.15) is 5.75 Å². The van der Waals surface area contributed by atoms with Gasteiger partial charge in [-0.15, -0.1) is 0 Å². The molecule has 0 atom stereocenters.